The zero-order valence-electron chi connectivity index (χ0n) is 11.2. The number of aryl methyl sites for hydroxylation is 2. The van der Waals surface area contributed by atoms with E-state index in [-0.39, 0.29) is 17.7 Å². The van der Waals surface area contributed by atoms with E-state index < -0.39 is 5.97 Å². The van der Waals surface area contributed by atoms with Crippen LogP contribution in [0.2, 0.25) is 0 Å². The van der Waals surface area contributed by atoms with Crippen molar-refractivity contribution in [1.82, 2.24) is 0 Å². The van der Waals surface area contributed by atoms with Crippen molar-refractivity contribution in [3.05, 3.63) is 23.3 Å². The minimum Gasteiger partial charge on any atom is -0.481 e. The summed E-state index contributed by atoms with van der Waals surface area (Å²) in [6.45, 7) is 6.30. The Kier molecular flexibility index (Phi) is 3.57. The SMILES string of the molecule is Cc1ccc(C)c2c1SC(CC(=O)O)C(C)N2C. The first-order valence-corrected chi connectivity index (χ1v) is 7.01. The van der Waals surface area contributed by atoms with Crippen molar-refractivity contribution in [2.45, 2.75) is 43.4 Å². The summed E-state index contributed by atoms with van der Waals surface area (Å²) in [4.78, 5) is 14.4. The Morgan fingerprint density at radius 1 is 1.39 bits per heavy atom. The van der Waals surface area contributed by atoms with Crippen LogP contribution in [0, 0.1) is 13.8 Å². The molecule has 1 heterocycles. The Balaban J connectivity index is 2.44. The topological polar surface area (TPSA) is 40.5 Å². The molecule has 1 aromatic carbocycles. The van der Waals surface area contributed by atoms with Crippen LogP contribution in [0.5, 0.6) is 0 Å². The number of benzene rings is 1. The highest BCUT2D eigenvalue weighted by Gasteiger charge is 2.33. The highest BCUT2D eigenvalue weighted by Crippen LogP contribution is 2.45. The molecule has 1 aromatic rings. The van der Waals surface area contributed by atoms with E-state index in [2.05, 4.69) is 44.9 Å². The molecule has 2 atom stereocenters. The molecule has 0 radical (unpaired) electrons. The number of fused-ring (bicyclic) bond motifs is 1. The van der Waals surface area contributed by atoms with Gasteiger partial charge >= 0.3 is 5.97 Å². The molecule has 0 spiro atoms. The lowest BCUT2D eigenvalue weighted by molar-refractivity contribution is -0.137. The molecule has 4 heteroatoms. The zero-order valence-corrected chi connectivity index (χ0v) is 12.0. The Morgan fingerprint density at radius 3 is 2.61 bits per heavy atom. The monoisotopic (exact) mass is 265 g/mol. The quantitative estimate of drug-likeness (QED) is 0.892. The molecule has 0 aliphatic carbocycles. The summed E-state index contributed by atoms with van der Waals surface area (Å²) in [6, 6.07) is 4.48. The molecule has 1 aliphatic heterocycles. The number of anilines is 1. The minimum atomic E-state index is -0.721. The Hall–Kier alpha value is -1.16. The number of carbonyl (C=O) groups is 1. The summed E-state index contributed by atoms with van der Waals surface area (Å²) < 4.78 is 0. The Labute approximate surface area is 112 Å². The van der Waals surface area contributed by atoms with Crippen molar-refractivity contribution in [2.24, 2.45) is 0 Å². The fraction of sp³-hybridized carbons (Fsp3) is 0.500. The largest absolute Gasteiger partial charge is 0.481 e. The van der Waals surface area contributed by atoms with Gasteiger partial charge in [-0.15, -0.1) is 11.8 Å². The average molecular weight is 265 g/mol. The zero-order chi connectivity index (χ0) is 13.4. The van der Waals surface area contributed by atoms with E-state index in [4.69, 9.17) is 5.11 Å². The number of carboxylic acid groups (broad SMARTS) is 1. The molecule has 1 aliphatic rings. The van der Waals surface area contributed by atoms with Crippen molar-refractivity contribution < 1.29 is 9.90 Å². The summed E-state index contributed by atoms with van der Waals surface area (Å²) in [5.74, 6) is -0.721. The molecule has 3 nitrogen and oxygen atoms in total. The lowest BCUT2D eigenvalue weighted by Crippen LogP contribution is -2.42. The number of hydrogen-bond acceptors (Lipinski definition) is 3. The van der Waals surface area contributed by atoms with Crippen LogP contribution in [-0.4, -0.2) is 29.4 Å². The van der Waals surface area contributed by atoms with E-state index in [1.165, 1.54) is 21.7 Å². The van der Waals surface area contributed by atoms with Gasteiger partial charge in [-0.25, -0.2) is 0 Å². The standard InChI is InChI=1S/C14H19NO2S/c1-8-5-6-9(2)14-13(8)15(4)10(3)11(18-14)7-12(16)17/h5-6,10-11H,7H2,1-4H3,(H,16,17). The minimum absolute atomic E-state index is 0.112. The van der Waals surface area contributed by atoms with Gasteiger partial charge in [0.25, 0.3) is 0 Å². The Bertz CT molecular complexity index is 487. The van der Waals surface area contributed by atoms with Gasteiger partial charge in [-0.3, -0.25) is 4.79 Å². The molecule has 0 aromatic heterocycles. The van der Waals surface area contributed by atoms with E-state index in [1.807, 2.05) is 0 Å². The lowest BCUT2D eigenvalue weighted by Gasteiger charge is -2.40. The first kappa shape index (κ1) is 13.3. The predicted octanol–water partition coefficient (Wildman–Crippen LogP) is 3.08. The summed E-state index contributed by atoms with van der Waals surface area (Å²) in [5.41, 5.74) is 3.75. The van der Waals surface area contributed by atoms with E-state index >= 15 is 0 Å². The molecule has 0 saturated heterocycles. The molecule has 2 unspecified atom stereocenters. The highest BCUT2D eigenvalue weighted by molar-refractivity contribution is 8.00. The second-order valence-electron chi connectivity index (χ2n) is 4.98. The fourth-order valence-corrected chi connectivity index (χ4v) is 4.02. The second-order valence-corrected chi connectivity index (χ2v) is 6.23. The number of nitrogens with zero attached hydrogens (tertiary/aromatic N) is 1. The van der Waals surface area contributed by atoms with Crippen LogP contribution in [0.3, 0.4) is 0 Å². The molecule has 0 saturated carbocycles. The first-order chi connectivity index (χ1) is 8.41. The number of thioether (sulfide) groups is 1. The maximum Gasteiger partial charge on any atom is 0.304 e. The van der Waals surface area contributed by atoms with Crippen LogP contribution in [-0.2, 0) is 4.79 Å². The molecule has 98 valence electrons. The van der Waals surface area contributed by atoms with Gasteiger partial charge in [-0.2, -0.15) is 0 Å². The van der Waals surface area contributed by atoms with E-state index in [0.717, 1.165) is 0 Å². The molecule has 1 N–H and O–H groups in total. The molecule has 0 fully saturated rings. The summed E-state index contributed by atoms with van der Waals surface area (Å²) >= 11 is 1.72. The summed E-state index contributed by atoms with van der Waals surface area (Å²) in [7, 11) is 2.06. The Morgan fingerprint density at radius 2 is 2.00 bits per heavy atom. The van der Waals surface area contributed by atoms with Gasteiger partial charge in [0.2, 0.25) is 0 Å². The lowest BCUT2D eigenvalue weighted by atomic mass is 10.1. The average Bonchev–Trinajstić information content (AvgIpc) is 2.29. The third-order valence-electron chi connectivity index (χ3n) is 3.68. The van der Waals surface area contributed by atoms with Gasteiger partial charge in [-0.05, 0) is 31.9 Å². The van der Waals surface area contributed by atoms with Gasteiger partial charge in [0.15, 0.2) is 0 Å². The van der Waals surface area contributed by atoms with Crippen LogP contribution >= 0.6 is 11.8 Å². The molecule has 0 amide bonds. The number of hydrogen-bond donors (Lipinski definition) is 1. The van der Waals surface area contributed by atoms with Gasteiger partial charge in [0.05, 0.1) is 12.1 Å². The molecule has 18 heavy (non-hydrogen) atoms. The van der Waals surface area contributed by atoms with E-state index in [9.17, 15) is 4.79 Å². The van der Waals surface area contributed by atoms with E-state index in [1.54, 1.807) is 11.8 Å². The van der Waals surface area contributed by atoms with Crippen LogP contribution in [0.1, 0.15) is 24.5 Å². The fourth-order valence-electron chi connectivity index (χ4n) is 2.44. The molecule has 0 bridgehead atoms. The maximum atomic E-state index is 11.0. The van der Waals surface area contributed by atoms with Crippen LogP contribution in [0.25, 0.3) is 0 Å². The summed E-state index contributed by atoms with van der Waals surface area (Å²) in [5, 5.41) is 9.12. The van der Waals surface area contributed by atoms with Crippen LogP contribution in [0.15, 0.2) is 17.0 Å². The molecular formula is C14H19NO2S. The van der Waals surface area contributed by atoms with Crippen LogP contribution < -0.4 is 4.90 Å². The maximum absolute atomic E-state index is 11.0. The number of carboxylic acids is 1. The van der Waals surface area contributed by atoms with Gasteiger partial charge in [-0.1, -0.05) is 12.1 Å². The van der Waals surface area contributed by atoms with Gasteiger partial charge in [0.1, 0.15) is 0 Å². The summed E-state index contributed by atoms with van der Waals surface area (Å²) in [6.07, 6.45) is 0.211. The predicted molar refractivity (Wildman–Crippen MR) is 75.7 cm³/mol. The normalized spacial score (nSPS) is 22.8. The smallest absolute Gasteiger partial charge is 0.304 e. The third-order valence-corrected chi connectivity index (χ3v) is 5.29. The molecular weight excluding hydrogens is 246 g/mol. The second kappa shape index (κ2) is 4.84. The van der Waals surface area contributed by atoms with E-state index in [0.29, 0.717) is 0 Å². The highest BCUT2D eigenvalue weighted by atomic mass is 32.2. The van der Waals surface area contributed by atoms with Crippen molar-refractivity contribution in [3.63, 3.8) is 0 Å². The number of rotatable bonds is 2. The first-order valence-electron chi connectivity index (χ1n) is 6.13. The van der Waals surface area contributed by atoms with Gasteiger partial charge < -0.3 is 10.0 Å². The van der Waals surface area contributed by atoms with Crippen LogP contribution in [0.4, 0.5) is 5.69 Å². The third kappa shape index (κ3) is 2.21. The number of aliphatic carboxylic acids is 1. The van der Waals surface area contributed by atoms with Crippen molar-refractivity contribution in [2.75, 3.05) is 11.9 Å². The molecule has 2 rings (SSSR count). The van der Waals surface area contributed by atoms with Crippen molar-refractivity contribution in [3.8, 4) is 0 Å². The van der Waals surface area contributed by atoms with Gasteiger partial charge in [0, 0.05) is 23.2 Å². The van der Waals surface area contributed by atoms with Crippen molar-refractivity contribution >= 4 is 23.4 Å². The van der Waals surface area contributed by atoms with Crippen molar-refractivity contribution in [1.29, 1.82) is 0 Å².